The first-order valence-electron chi connectivity index (χ1n) is 7.20. The quantitative estimate of drug-likeness (QED) is 0.836. The van der Waals surface area contributed by atoms with Crippen molar-refractivity contribution in [3.05, 3.63) is 64.7 Å². The maximum atomic E-state index is 12.3. The Hall–Kier alpha value is -1.80. The summed E-state index contributed by atoms with van der Waals surface area (Å²) in [6, 6.07) is 15.5. The fourth-order valence-electron chi connectivity index (χ4n) is 2.80. The Morgan fingerprint density at radius 1 is 1.14 bits per heavy atom. The molecule has 2 aromatic carbocycles. The summed E-state index contributed by atoms with van der Waals surface area (Å²) in [6.07, 6.45) is 1.95. The lowest BCUT2D eigenvalue weighted by atomic mass is 9.87. The summed E-state index contributed by atoms with van der Waals surface area (Å²) in [7, 11) is 0. The van der Waals surface area contributed by atoms with Crippen molar-refractivity contribution in [3.63, 3.8) is 0 Å². The van der Waals surface area contributed by atoms with Crippen molar-refractivity contribution in [2.24, 2.45) is 0 Å². The second-order valence-electron chi connectivity index (χ2n) is 5.42. The standard InChI is InChI=1S/C18H17ClO2/c19-15-7-5-13(6-8-15)11-16(20)12-14-9-10-21-18-4-2-1-3-17(14)18/h1-8,14H,9-12H2. The first-order valence-corrected chi connectivity index (χ1v) is 7.58. The molecular formula is C18H17ClO2. The molecule has 3 rings (SSSR count). The molecule has 108 valence electrons. The smallest absolute Gasteiger partial charge is 0.137 e. The molecule has 1 aliphatic rings. The van der Waals surface area contributed by atoms with E-state index in [-0.39, 0.29) is 11.7 Å². The van der Waals surface area contributed by atoms with Crippen LogP contribution in [0.25, 0.3) is 0 Å². The number of hydrogen-bond acceptors (Lipinski definition) is 2. The second kappa shape index (κ2) is 6.31. The third-order valence-electron chi connectivity index (χ3n) is 3.87. The molecule has 21 heavy (non-hydrogen) atoms. The Kier molecular flexibility index (Phi) is 4.26. The van der Waals surface area contributed by atoms with Crippen molar-refractivity contribution in [1.29, 1.82) is 0 Å². The molecule has 0 aromatic heterocycles. The molecule has 0 aliphatic carbocycles. The molecule has 1 atom stereocenters. The summed E-state index contributed by atoms with van der Waals surface area (Å²) >= 11 is 5.86. The zero-order chi connectivity index (χ0) is 14.7. The maximum absolute atomic E-state index is 12.3. The summed E-state index contributed by atoms with van der Waals surface area (Å²) in [6.45, 7) is 0.690. The van der Waals surface area contributed by atoms with Gasteiger partial charge >= 0.3 is 0 Å². The van der Waals surface area contributed by atoms with E-state index >= 15 is 0 Å². The van der Waals surface area contributed by atoms with Gasteiger partial charge in [0.25, 0.3) is 0 Å². The summed E-state index contributed by atoms with van der Waals surface area (Å²) in [5, 5.41) is 0.699. The van der Waals surface area contributed by atoms with E-state index in [9.17, 15) is 4.79 Å². The molecule has 0 fully saturated rings. The number of ketones is 1. The predicted octanol–water partition coefficient (Wildman–Crippen LogP) is 4.41. The topological polar surface area (TPSA) is 26.3 Å². The van der Waals surface area contributed by atoms with Gasteiger partial charge in [0, 0.05) is 17.9 Å². The Labute approximate surface area is 129 Å². The van der Waals surface area contributed by atoms with Crippen LogP contribution in [0.3, 0.4) is 0 Å². The van der Waals surface area contributed by atoms with E-state index in [1.54, 1.807) is 0 Å². The first kappa shape index (κ1) is 14.2. The molecule has 0 saturated heterocycles. The van der Waals surface area contributed by atoms with Gasteiger partial charge in [-0.25, -0.2) is 0 Å². The van der Waals surface area contributed by atoms with Crippen molar-refractivity contribution in [2.75, 3.05) is 6.61 Å². The van der Waals surface area contributed by atoms with Crippen LogP contribution in [0.2, 0.25) is 5.02 Å². The normalized spacial score (nSPS) is 16.9. The summed E-state index contributed by atoms with van der Waals surface area (Å²) in [5.74, 6) is 1.46. The number of rotatable bonds is 4. The third kappa shape index (κ3) is 3.45. The molecule has 0 radical (unpaired) electrons. The second-order valence-corrected chi connectivity index (χ2v) is 5.85. The van der Waals surface area contributed by atoms with Crippen LogP contribution in [0.1, 0.15) is 29.9 Å². The molecule has 0 amide bonds. The van der Waals surface area contributed by atoms with Crippen LogP contribution in [-0.2, 0) is 11.2 Å². The lowest BCUT2D eigenvalue weighted by Crippen LogP contribution is -2.17. The van der Waals surface area contributed by atoms with Gasteiger partial charge in [-0.2, -0.15) is 0 Å². The predicted molar refractivity (Wildman–Crippen MR) is 84.1 cm³/mol. The fraction of sp³-hybridized carbons (Fsp3) is 0.278. The van der Waals surface area contributed by atoms with Gasteiger partial charge < -0.3 is 4.74 Å². The monoisotopic (exact) mass is 300 g/mol. The number of fused-ring (bicyclic) bond motifs is 1. The maximum Gasteiger partial charge on any atom is 0.137 e. The highest BCUT2D eigenvalue weighted by atomic mass is 35.5. The van der Waals surface area contributed by atoms with E-state index in [4.69, 9.17) is 16.3 Å². The Balaban J connectivity index is 1.67. The number of benzene rings is 2. The van der Waals surface area contributed by atoms with E-state index < -0.39 is 0 Å². The number of ether oxygens (including phenoxy) is 1. The van der Waals surface area contributed by atoms with E-state index in [1.165, 1.54) is 0 Å². The number of halogens is 1. The molecule has 0 N–H and O–H groups in total. The average Bonchev–Trinajstić information content (AvgIpc) is 2.50. The van der Waals surface area contributed by atoms with Gasteiger partial charge in [0.15, 0.2) is 0 Å². The molecule has 0 saturated carbocycles. The van der Waals surface area contributed by atoms with Crippen LogP contribution >= 0.6 is 11.6 Å². The van der Waals surface area contributed by atoms with Crippen molar-refractivity contribution in [3.8, 4) is 5.75 Å². The molecule has 0 spiro atoms. The summed E-state index contributed by atoms with van der Waals surface area (Å²) in [4.78, 5) is 12.3. The highest BCUT2D eigenvalue weighted by Crippen LogP contribution is 2.35. The number of carbonyl (C=O) groups is 1. The summed E-state index contributed by atoms with van der Waals surface area (Å²) < 4.78 is 5.64. The van der Waals surface area contributed by atoms with Gasteiger partial charge in [-0.1, -0.05) is 41.9 Å². The van der Waals surface area contributed by atoms with E-state index in [0.717, 1.165) is 23.3 Å². The minimum atomic E-state index is 0.263. The zero-order valence-corrected chi connectivity index (χ0v) is 12.5. The van der Waals surface area contributed by atoms with E-state index in [0.29, 0.717) is 24.5 Å². The number of hydrogen-bond donors (Lipinski definition) is 0. The summed E-state index contributed by atoms with van der Waals surface area (Å²) in [5.41, 5.74) is 2.18. The molecule has 2 aromatic rings. The Morgan fingerprint density at radius 2 is 1.90 bits per heavy atom. The van der Waals surface area contributed by atoms with E-state index in [2.05, 4.69) is 6.07 Å². The van der Waals surface area contributed by atoms with Crippen LogP contribution in [0, 0.1) is 0 Å². The lowest BCUT2D eigenvalue weighted by molar-refractivity contribution is -0.118. The van der Waals surface area contributed by atoms with Gasteiger partial charge in [0.2, 0.25) is 0 Å². The van der Waals surface area contributed by atoms with Crippen LogP contribution in [0.4, 0.5) is 0 Å². The number of Topliss-reactive ketones (excluding diaryl/α,β-unsaturated/α-hetero) is 1. The van der Waals surface area contributed by atoms with Gasteiger partial charge in [0.05, 0.1) is 6.61 Å². The minimum absolute atomic E-state index is 0.263. The Morgan fingerprint density at radius 3 is 2.71 bits per heavy atom. The van der Waals surface area contributed by atoms with Crippen molar-refractivity contribution in [1.82, 2.24) is 0 Å². The SMILES string of the molecule is O=C(Cc1ccc(Cl)cc1)CC1CCOc2ccccc21. The zero-order valence-electron chi connectivity index (χ0n) is 11.7. The van der Waals surface area contributed by atoms with Gasteiger partial charge in [-0.15, -0.1) is 0 Å². The number of carbonyl (C=O) groups excluding carboxylic acids is 1. The van der Waals surface area contributed by atoms with Crippen molar-refractivity contribution >= 4 is 17.4 Å². The van der Waals surface area contributed by atoms with Crippen LogP contribution in [0.5, 0.6) is 5.75 Å². The average molecular weight is 301 g/mol. The molecule has 0 bridgehead atoms. The molecular weight excluding hydrogens is 284 g/mol. The highest BCUT2D eigenvalue weighted by Gasteiger charge is 2.23. The van der Waals surface area contributed by atoms with E-state index in [1.807, 2.05) is 42.5 Å². The molecule has 2 nitrogen and oxygen atoms in total. The van der Waals surface area contributed by atoms with Crippen molar-refractivity contribution < 1.29 is 9.53 Å². The molecule has 1 heterocycles. The third-order valence-corrected chi connectivity index (χ3v) is 4.12. The van der Waals surface area contributed by atoms with Crippen LogP contribution in [-0.4, -0.2) is 12.4 Å². The highest BCUT2D eigenvalue weighted by molar-refractivity contribution is 6.30. The Bertz CT molecular complexity index is 634. The lowest BCUT2D eigenvalue weighted by Gasteiger charge is -2.25. The van der Waals surface area contributed by atoms with Crippen LogP contribution < -0.4 is 4.74 Å². The number of para-hydroxylation sites is 1. The first-order chi connectivity index (χ1) is 10.2. The van der Waals surface area contributed by atoms with Gasteiger partial charge in [0.1, 0.15) is 11.5 Å². The largest absolute Gasteiger partial charge is 0.493 e. The molecule has 3 heteroatoms. The molecule has 1 unspecified atom stereocenters. The van der Waals surface area contributed by atoms with Crippen molar-refractivity contribution in [2.45, 2.75) is 25.2 Å². The van der Waals surface area contributed by atoms with Gasteiger partial charge in [-0.05, 0) is 41.7 Å². The van der Waals surface area contributed by atoms with Crippen LogP contribution in [0.15, 0.2) is 48.5 Å². The minimum Gasteiger partial charge on any atom is -0.493 e. The fourth-order valence-corrected chi connectivity index (χ4v) is 2.93. The molecule has 1 aliphatic heterocycles. The van der Waals surface area contributed by atoms with Gasteiger partial charge in [-0.3, -0.25) is 4.79 Å².